The Morgan fingerprint density at radius 3 is 2.45 bits per heavy atom. The van der Waals surface area contributed by atoms with E-state index in [9.17, 15) is 36.3 Å². The Morgan fingerprint density at radius 1 is 1.00 bits per heavy atom. The van der Waals surface area contributed by atoms with Gasteiger partial charge < -0.3 is 30.7 Å². The van der Waals surface area contributed by atoms with Crippen LogP contribution in [0.2, 0.25) is 0 Å². The van der Waals surface area contributed by atoms with Gasteiger partial charge in [0.1, 0.15) is 11.6 Å². The summed E-state index contributed by atoms with van der Waals surface area (Å²) in [5.74, 6) is -1.67. The molecule has 4 N–H and O–H groups in total. The maximum atomic E-state index is 13.9. The molecule has 5 rings (SSSR count). The smallest absolute Gasteiger partial charge is 0.406 e. The van der Waals surface area contributed by atoms with Gasteiger partial charge in [0.2, 0.25) is 0 Å². The molecule has 0 bridgehead atoms. The fourth-order valence-corrected chi connectivity index (χ4v) is 7.22. The zero-order valence-electron chi connectivity index (χ0n) is 27.7. The van der Waals surface area contributed by atoms with Gasteiger partial charge in [0, 0.05) is 47.6 Å². The molecule has 1 aliphatic rings. The van der Waals surface area contributed by atoms with Crippen LogP contribution >= 0.6 is 11.3 Å². The number of ether oxygens (including phenoxy) is 1. The van der Waals surface area contributed by atoms with Gasteiger partial charge in [0.15, 0.2) is 9.84 Å². The number of nitrogens with one attached hydrogen (secondary N) is 3. The summed E-state index contributed by atoms with van der Waals surface area (Å²) >= 11 is 1.56. The fraction of sp³-hybridized carbons (Fsp3) is 0.333. The maximum absolute atomic E-state index is 13.9. The van der Waals surface area contributed by atoms with Gasteiger partial charge in [-0.05, 0) is 72.2 Å². The number of carbonyl (C=O) groups excluding carboxylic acids is 2. The van der Waals surface area contributed by atoms with Gasteiger partial charge in [0.25, 0.3) is 11.8 Å². The van der Waals surface area contributed by atoms with Crippen LogP contribution in [0.15, 0.2) is 90.3 Å². The van der Waals surface area contributed by atoms with E-state index in [1.165, 1.54) is 36.4 Å². The number of halogens is 3. The summed E-state index contributed by atoms with van der Waals surface area (Å²) < 4.78 is 66.0. The Labute approximate surface area is 298 Å². The zero-order chi connectivity index (χ0) is 36.6. The number of aliphatic hydroxyl groups excluding tert-OH is 1. The van der Waals surface area contributed by atoms with Crippen molar-refractivity contribution in [2.75, 3.05) is 30.5 Å². The largest absolute Gasteiger partial charge is 0.573 e. The van der Waals surface area contributed by atoms with E-state index in [-0.39, 0.29) is 54.0 Å². The number of alkyl halides is 3. The van der Waals surface area contributed by atoms with Crippen LogP contribution in [0.25, 0.3) is 0 Å². The number of benzene rings is 3. The van der Waals surface area contributed by atoms with Crippen LogP contribution in [-0.2, 0) is 22.8 Å². The van der Waals surface area contributed by atoms with Crippen LogP contribution < -0.4 is 20.7 Å². The Bertz CT molecular complexity index is 1890. The standard InChI is InChI=1S/C36H39F3N4O6S2/c1-51(47,48)23-41-28-19-26(18-27(20-28)35(46)43-14-6-12-31(43)33-13-7-15-50-33)34(45)42-30(17-24-8-3-2-4-9-24)32(44)22-40-21-25-10-5-11-29(16-25)49-36(37,38)39/h2-5,7-11,13,15-16,18-20,30-32,40-41,44H,6,12,14,17,21-23H2,1H3,(H,42,45)/t30-,31?,32+/m0/s1. The number of aliphatic hydroxyl groups is 1. The number of rotatable bonds is 15. The highest BCUT2D eigenvalue weighted by Crippen LogP contribution is 2.36. The van der Waals surface area contributed by atoms with Crippen molar-refractivity contribution in [3.05, 3.63) is 117 Å². The molecule has 4 aromatic rings. The second kappa shape index (κ2) is 16.7. The normalized spacial score (nSPS) is 16.0. The molecule has 10 nitrogen and oxygen atoms in total. The average Bonchev–Trinajstić information content (AvgIpc) is 3.79. The number of likely N-dealkylation sites (tertiary alicyclic amines) is 1. The maximum Gasteiger partial charge on any atom is 0.573 e. The fourth-order valence-electron chi connectivity index (χ4n) is 5.91. The van der Waals surface area contributed by atoms with Gasteiger partial charge in [-0.3, -0.25) is 9.59 Å². The highest BCUT2D eigenvalue weighted by atomic mass is 32.2. The van der Waals surface area contributed by atoms with Crippen LogP contribution in [-0.4, -0.2) is 74.0 Å². The molecule has 0 spiro atoms. The summed E-state index contributed by atoms with van der Waals surface area (Å²) in [6, 6.07) is 22.1. The highest BCUT2D eigenvalue weighted by molar-refractivity contribution is 7.90. The van der Waals surface area contributed by atoms with Gasteiger partial charge >= 0.3 is 6.36 Å². The van der Waals surface area contributed by atoms with Gasteiger partial charge in [-0.15, -0.1) is 24.5 Å². The van der Waals surface area contributed by atoms with E-state index in [0.29, 0.717) is 12.1 Å². The molecule has 1 aromatic heterocycles. The second-order valence-corrected chi connectivity index (χ2v) is 15.5. The van der Waals surface area contributed by atoms with Crippen LogP contribution in [0.3, 0.4) is 0 Å². The van der Waals surface area contributed by atoms with Crippen LogP contribution in [0.1, 0.15) is 55.6 Å². The molecule has 0 saturated carbocycles. The van der Waals surface area contributed by atoms with Crippen molar-refractivity contribution in [1.82, 2.24) is 15.5 Å². The zero-order valence-corrected chi connectivity index (χ0v) is 29.4. The predicted octanol–water partition coefficient (Wildman–Crippen LogP) is 5.53. The van der Waals surface area contributed by atoms with Crippen molar-refractivity contribution in [2.45, 2.75) is 50.4 Å². The topological polar surface area (TPSA) is 137 Å². The van der Waals surface area contributed by atoms with Gasteiger partial charge in [-0.25, -0.2) is 8.42 Å². The SMILES string of the molecule is CS(=O)(=O)CNc1cc(C(=O)N[C@@H](Cc2ccccc2)[C@H](O)CNCc2cccc(OC(F)(F)F)c2)cc(C(=O)N2CCCC2c2cccs2)c1. The molecule has 1 fully saturated rings. The number of amides is 2. The molecule has 2 heterocycles. The summed E-state index contributed by atoms with van der Waals surface area (Å²) in [6.45, 7) is 0.615. The van der Waals surface area contributed by atoms with E-state index in [0.717, 1.165) is 29.5 Å². The number of hydrogen-bond acceptors (Lipinski definition) is 9. The molecule has 1 saturated heterocycles. The molecule has 0 aliphatic carbocycles. The van der Waals surface area contributed by atoms with Crippen molar-refractivity contribution >= 4 is 38.7 Å². The number of hydrogen-bond donors (Lipinski definition) is 4. The monoisotopic (exact) mass is 744 g/mol. The number of nitrogens with zero attached hydrogens (tertiary/aromatic N) is 1. The first-order valence-electron chi connectivity index (χ1n) is 16.2. The van der Waals surface area contributed by atoms with E-state index in [2.05, 4.69) is 20.7 Å². The number of carbonyl (C=O) groups is 2. The Kier molecular flexibility index (Phi) is 12.4. The molecule has 3 atom stereocenters. The van der Waals surface area contributed by atoms with E-state index in [1.807, 2.05) is 47.8 Å². The quantitative estimate of drug-likeness (QED) is 0.125. The van der Waals surface area contributed by atoms with Gasteiger partial charge in [0.05, 0.1) is 18.2 Å². The lowest BCUT2D eigenvalue weighted by atomic mass is 10.00. The first-order chi connectivity index (χ1) is 24.2. The summed E-state index contributed by atoms with van der Waals surface area (Å²) in [6.07, 6.45) is -3.07. The third-order valence-electron chi connectivity index (χ3n) is 8.26. The van der Waals surface area contributed by atoms with Gasteiger partial charge in [-0.1, -0.05) is 48.5 Å². The number of anilines is 1. The lowest BCUT2D eigenvalue weighted by Crippen LogP contribution is -2.48. The minimum atomic E-state index is -4.83. The van der Waals surface area contributed by atoms with Crippen LogP contribution in [0.5, 0.6) is 5.75 Å². The molecule has 272 valence electrons. The number of sulfone groups is 1. The molecule has 0 radical (unpaired) electrons. The van der Waals surface area contributed by atoms with E-state index >= 15 is 0 Å². The molecular weight excluding hydrogens is 706 g/mol. The predicted molar refractivity (Wildman–Crippen MR) is 189 cm³/mol. The molecule has 51 heavy (non-hydrogen) atoms. The van der Waals surface area contributed by atoms with Gasteiger partial charge in [-0.2, -0.15) is 0 Å². The Balaban J connectivity index is 1.35. The summed E-state index contributed by atoms with van der Waals surface area (Å²) in [7, 11) is -3.45. The Hall–Kier alpha value is -4.44. The summed E-state index contributed by atoms with van der Waals surface area (Å²) in [5, 5.41) is 22.0. The van der Waals surface area contributed by atoms with Crippen molar-refractivity contribution < 1.29 is 41.0 Å². The lowest BCUT2D eigenvalue weighted by molar-refractivity contribution is -0.274. The summed E-state index contributed by atoms with van der Waals surface area (Å²) in [5.41, 5.74) is 1.88. The first kappa shape index (κ1) is 37.8. The minimum absolute atomic E-state index is 0.0269. The molecule has 1 aliphatic heterocycles. The summed E-state index contributed by atoms with van der Waals surface area (Å²) in [4.78, 5) is 30.6. The lowest BCUT2D eigenvalue weighted by Gasteiger charge is -2.26. The van der Waals surface area contributed by atoms with Crippen LogP contribution in [0.4, 0.5) is 18.9 Å². The van der Waals surface area contributed by atoms with E-state index in [4.69, 9.17) is 0 Å². The minimum Gasteiger partial charge on any atom is -0.406 e. The molecule has 15 heteroatoms. The third kappa shape index (κ3) is 11.3. The molecular formula is C36H39F3N4O6S2. The van der Waals surface area contributed by atoms with E-state index in [1.54, 1.807) is 22.3 Å². The number of thiophene rings is 1. The molecule has 2 amide bonds. The molecule has 3 aromatic carbocycles. The first-order valence-corrected chi connectivity index (χ1v) is 19.2. The van der Waals surface area contributed by atoms with Crippen LogP contribution in [0, 0.1) is 0 Å². The van der Waals surface area contributed by atoms with Crippen molar-refractivity contribution in [1.29, 1.82) is 0 Å². The second-order valence-electron chi connectivity index (χ2n) is 12.4. The van der Waals surface area contributed by atoms with Crippen molar-refractivity contribution in [3.8, 4) is 5.75 Å². The highest BCUT2D eigenvalue weighted by Gasteiger charge is 2.33. The van der Waals surface area contributed by atoms with E-state index < -0.39 is 40.1 Å². The van der Waals surface area contributed by atoms with Crippen molar-refractivity contribution in [2.24, 2.45) is 0 Å². The molecule has 1 unspecified atom stereocenters. The third-order valence-corrected chi connectivity index (χ3v) is 9.90. The van der Waals surface area contributed by atoms with Crippen molar-refractivity contribution in [3.63, 3.8) is 0 Å². The average molecular weight is 745 g/mol. The Morgan fingerprint density at radius 2 is 1.75 bits per heavy atom.